The number of nitrogens with two attached hydrogens (primary N) is 1. The molecule has 3 rings (SSSR count). The van der Waals surface area contributed by atoms with Crippen molar-refractivity contribution in [2.24, 2.45) is 11.7 Å². The number of para-hydroxylation sites is 2. The van der Waals surface area contributed by atoms with Crippen LogP contribution in [0, 0.1) is 5.92 Å². The van der Waals surface area contributed by atoms with Crippen LogP contribution < -0.4 is 15.4 Å². The number of hydrogen-bond acceptors (Lipinski definition) is 5. The molecule has 0 saturated carbocycles. The molecule has 2 N–H and O–H groups in total. The largest absolute Gasteiger partial charge is 0.495 e. The van der Waals surface area contributed by atoms with Crippen LogP contribution in [-0.4, -0.2) is 64.0 Å². The Labute approximate surface area is 126 Å². The normalized spacial score (nSPS) is 27.0. The molecule has 1 aromatic carbocycles. The van der Waals surface area contributed by atoms with Crippen molar-refractivity contribution in [3.05, 3.63) is 24.3 Å². The Bertz CT molecular complexity index is 461. The van der Waals surface area contributed by atoms with Crippen molar-refractivity contribution in [2.45, 2.75) is 6.04 Å². The molecule has 5 heteroatoms. The van der Waals surface area contributed by atoms with Crippen molar-refractivity contribution >= 4 is 5.69 Å². The number of ether oxygens (including phenoxy) is 2. The highest BCUT2D eigenvalue weighted by Crippen LogP contribution is 2.28. The molecule has 0 radical (unpaired) electrons. The lowest BCUT2D eigenvalue weighted by Crippen LogP contribution is -2.49. The molecule has 0 amide bonds. The Morgan fingerprint density at radius 2 is 1.95 bits per heavy atom. The number of methoxy groups -OCH3 is 1. The van der Waals surface area contributed by atoms with Gasteiger partial charge in [-0.25, -0.2) is 0 Å². The zero-order chi connectivity index (χ0) is 14.7. The van der Waals surface area contributed by atoms with Gasteiger partial charge in [0.1, 0.15) is 5.75 Å². The number of anilines is 1. The zero-order valence-electron chi connectivity index (χ0n) is 12.7. The Balaban J connectivity index is 1.55. The fourth-order valence-corrected chi connectivity index (χ4v) is 3.20. The Kier molecular flexibility index (Phi) is 4.63. The molecule has 2 unspecified atom stereocenters. The van der Waals surface area contributed by atoms with Crippen LogP contribution in [-0.2, 0) is 4.74 Å². The van der Waals surface area contributed by atoms with Crippen LogP contribution in [0.1, 0.15) is 0 Å². The summed E-state index contributed by atoms with van der Waals surface area (Å²) in [5.41, 5.74) is 7.27. The van der Waals surface area contributed by atoms with E-state index in [-0.39, 0.29) is 6.04 Å². The van der Waals surface area contributed by atoms with Crippen LogP contribution in [0.3, 0.4) is 0 Å². The van der Waals surface area contributed by atoms with E-state index in [1.54, 1.807) is 7.11 Å². The first kappa shape index (κ1) is 14.6. The smallest absolute Gasteiger partial charge is 0.142 e. The van der Waals surface area contributed by atoms with Gasteiger partial charge in [0.25, 0.3) is 0 Å². The summed E-state index contributed by atoms with van der Waals surface area (Å²) in [5.74, 6) is 1.44. The van der Waals surface area contributed by atoms with E-state index in [4.69, 9.17) is 15.2 Å². The lowest BCUT2D eigenvalue weighted by Gasteiger charge is -2.37. The molecular formula is C16H25N3O2. The van der Waals surface area contributed by atoms with E-state index in [9.17, 15) is 0 Å². The molecule has 2 aliphatic rings. The first-order chi connectivity index (χ1) is 10.3. The van der Waals surface area contributed by atoms with Gasteiger partial charge in [0, 0.05) is 44.7 Å². The topological polar surface area (TPSA) is 51.0 Å². The average molecular weight is 291 g/mol. The predicted molar refractivity (Wildman–Crippen MR) is 83.9 cm³/mol. The minimum atomic E-state index is 0.206. The molecule has 1 aromatic rings. The van der Waals surface area contributed by atoms with E-state index in [1.165, 1.54) is 5.69 Å². The molecule has 21 heavy (non-hydrogen) atoms. The first-order valence-corrected chi connectivity index (χ1v) is 7.71. The Morgan fingerprint density at radius 3 is 2.62 bits per heavy atom. The molecule has 2 aliphatic heterocycles. The van der Waals surface area contributed by atoms with Crippen LogP contribution in [0.2, 0.25) is 0 Å². The molecule has 2 fully saturated rings. The van der Waals surface area contributed by atoms with Crippen molar-refractivity contribution in [3.63, 3.8) is 0 Å². The summed E-state index contributed by atoms with van der Waals surface area (Å²) in [6.45, 7) is 6.79. The van der Waals surface area contributed by atoms with E-state index < -0.39 is 0 Å². The molecule has 2 atom stereocenters. The molecule has 5 nitrogen and oxygen atoms in total. The highest BCUT2D eigenvalue weighted by atomic mass is 16.5. The number of piperazine rings is 1. The van der Waals surface area contributed by atoms with Crippen molar-refractivity contribution < 1.29 is 9.47 Å². The van der Waals surface area contributed by atoms with Gasteiger partial charge < -0.3 is 20.1 Å². The maximum atomic E-state index is 6.07. The monoisotopic (exact) mass is 291 g/mol. The van der Waals surface area contributed by atoms with E-state index in [1.807, 2.05) is 12.1 Å². The molecule has 0 aliphatic carbocycles. The summed E-state index contributed by atoms with van der Waals surface area (Å²) >= 11 is 0. The zero-order valence-corrected chi connectivity index (χ0v) is 12.7. The van der Waals surface area contributed by atoms with Crippen LogP contribution in [0.4, 0.5) is 5.69 Å². The molecule has 2 saturated heterocycles. The van der Waals surface area contributed by atoms with Gasteiger partial charge in [0.05, 0.1) is 26.0 Å². The second-order valence-electron chi connectivity index (χ2n) is 5.92. The third-order valence-corrected chi connectivity index (χ3v) is 4.54. The van der Waals surface area contributed by atoms with Gasteiger partial charge in [-0.05, 0) is 12.1 Å². The van der Waals surface area contributed by atoms with E-state index in [0.717, 1.165) is 45.1 Å². The van der Waals surface area contributed by atoms with Gasteiger partial charge in [-0.15, -0.1) is 0 Å². The van der Waals surface area contributed by atoms with Crippen molar-refractivity contribution in [2.75, 3.05) is 57.9 Å². The van der Waals surface area contributed by atoms with Crippen LogP contribution >= 0.6 is 0 Å². The Morgan fingerprint density at radius 1 is 1.19 bits per heavy atom. The van der Waals surface area contributed by atoms with E-state index in [2.05, 4.69) is 21.9 Å². The van der Waals surface area contributed by atoms with Crippen LogP contribution in [0.5, 0.6) is 5.75 Å². The molecule has 2 heterocycles. The van der Waals surface area contributed by atoms with Crippen LogP contribution in [0.25, 0.3) is 0 Å². The summed E-state index contributed by atoms with van der Waals surface area (Å²) in [7, 11) is 1.73. The average Bonchev–Trinajstić information content (AvgIpc) is 2.93. The molecule has 0 spiro atoms. The van der Waals surface area contributed by atoms with Gasteiger partial charge in [0.15, 0.2) is 0 Å². The minimum absolute atomic E-state index is 0.206. The summed E-state index contributed by atoms with van der Waals surface area (Å²) in [5, 5.41) is 0. The van der Waals surface area contributed by atoms with Gasteiger partial charge in [0.2, 0.25) is 0 Å². The van der Waals surface area contributed by atoms with Gasteiger partial charge in [-0.2, -0.15) is 0 Å². The SMILES string of the molecule is COc1ccccc1N1CCN(CC2COCC2N)CC1. The molecule has 116 valence electrons. The number of benzene rings is 1. The van der Waals surface area contributed by atoms with Gasteiger partial charge in [-0.3, -0.25) is 4.90 Å². The second-order valence-corrected chi connectivity index (χ2v) is 5.92. The fourth-order valence-electron chi connectivity index (χ4n) is 3.20. The van der Waals surface area contributed by atoms with Gasteiger partial charge >= 0.3 is 0 Å². The summed E-state index contributed by atoms with van der Waals surface area (Å²) in [6.07, 6.45) is 0. The standard InChI is InChI=1S/C16H25N3O2/c1-20-16-5-3-2-4-15(16)19-8-6-18(7-9-19)10-13-11-21-12-14(13)17/h2-5,13-14H,6-12,17H2,1H3. The van der Waals surface area contributed by atoms with E-state index >= 15 is 0 Å². The van der Waals surface area contributed by atoms with Crippen molar-refractivity contribution in [1.29, 1.82) is 0 Å². The summed E-state index contributed by atoms with van der Waals surface area (Å²) < 4.78 is 10.9. The third kappa shape index (κ3) is 3.31. The summed E-state index contributed by atoms with van der Waals surface area (Å²) in [6, 6.07) is 8.45. The van der Waals surface area contributed by atoms with Crippen molar-refractivity contribution in [1.82, 2.24) is 4.90 Å². The minimum Gasteiger partial charge on any atom is -0.495 e. The first-order valence-electron chi connectivity index (χ1n) is 7.71. The lowest BCUT2D eigenvalue weighted by molar-refractivity contribution is 0.164. The highest BCUT2D eigenvalue weighted by molar-refractivity contribution is 5.58. The van der Waals surface area contributed by atoms with Crippen LogP contribution in [0.15, 0.2) is 24.3 Å². The lowest BCUT2D eigenvalue weighted by atomic mass is 10.0. The molecule has 0 bridgehead atoms. The maximum absolute atomic E-state index is 6.07. The molecule has 0 aromatic heterocycles. The quantitative estimate of drug-likeness (QED) is 0.889. The maximum Gasteiger partial charge on any atom is 0.142 e. The number of nitrogens with zero attached hydrogens (tertiary/aromatic N) is 2. The fraction of sp³-hybridized carbons (Fsp3) is 0.625. The Hall–Kier alpha value is -1.30. The second kappa shape index (κ2) is 6.64. The van der Waals surface area contributed by atoms with Crippen molar-refractivity contribution in [3.8, 4) is 5.75 Å². The van der Waals surface area contributed by atoms with E-state index in [0.29, 0.717) is 12.5 Å². The molecular weight excluding hydrogens is 266 g/mol. The van der Waals surface area contributed by atoms with Gasteiger partial charge in [-0.1, -0.05) is 12.1 Å². The predicted octanol–water partition coefficient (Wildman–Crippen LogP) is 0.791. The third-order valence-electron chi connectivity index (χ3n) is 4.54. The highest BCUT2D eigenvalue weighted by Gasteiger charge is 2.28. The summed E-state index contributed by atoms with van der Waals surface area (Å²) in [4.78, 5) is 4.91. The number of rotatable bonds is 4. The number of hydrogen-bond donors (Lipinski definition) is 1.